The second-order valence-corrected chi connectivity index (χ2v) is 9.04. The van der Waals surface area contributed by atoms with Crippen LogP contribution in [0.1, 0.15) is 31.2 Å². The lowest BCUT2D eigenvalue weighted by Gasteiger charge is -2.23. The number of carbonyl (C=O) groups excluding carboxylic acids is 1. The molecule has 6 heteroatoms. The second-order valence-electron chi connectivity index (χ2n) is 6.34. The maximum atomic E-state index is 13.2. The van der Waals surface area contributed by atoms with Crippen LogP contribution in [0.4, 0.5) is 5.69 Å². The average molecular weight is 406 g/mol. The van der Waals surface area contributed by atoms with Gasteiger partial charge in [-0.15, -0.1) is 0 Å². The molecule has 1 heterocycles. The van der Waals surface area contributed by atoms with Crippen LogP contribution in [0.15, 0.2) is 57.9 Å². The van der Waals surface area contributed by atoms with Gasteiger partial charge in [-0.25, -0.2) is 12.7 Å². The van der Waals surface area contributed by atoms with Crippen LogP contribution in [0.2, 0.25) is 0 Å². The summed E-state index contributed by atoms with van der Waals surface area (Å²) in [5.41, 5.74) is 0.633. The summed E-state index contributed by atoms with van der Waals surface area (Å²) in [4.78, 5) is 13.4. The summed E-state index contributed by atoms with van der Waals surface area (Å²) >= 11 is 3.45. The van der Waals surface area contributed by atoms with Gasteiger partial charge >= 0.3 is 0 Å². The smallest absolute Gasteiger partial charge is 0.270 e. The monoisotopic (exact) mass is 405 g/mol. The van der Waals surface area contributed by atoms with Crippen molar-refractivity contribution in [2.24, 2.45) is 0 Å². The molecule has 4 rings (SSSR count). The van der Waals surface area contributed by atoms with Crippen molar-refractivity contribution in [2.75, 3.05) is 4.31 Å². The molecule has 0 unspecified atom stereocenters. The molecule has 1 saturated carbocycles. The number of hydrogen-bond donors (Lipinski definition) is 0. The summed E-state index contributed by atoms with van der Waals surface area (Å²) in [5.74, 6) is -0.308. The number of rotatable bonds is 2. The molecular formula is C18H16BrNO3S. The van der Waals surface area contributed by atoms with E-state index in [0.29, 0.717) is 18.5 Å². The highest BCUT2D eigenvalue weighted by atomic mass is 79.9. The summed E-state index contributed by atoms with van der Waals surface area (Å²) in [6, 6.07) is 13.6. The minimum atomic E-state index is -3.91. The van der Waals surface area contributed by atoms with E-state index in [1.165, 1.54) is 12.1 Å². The summed E-state index contributed by atoms with van der Waals surface area (Å²) in [7, 11) is -3.91. The molecule has 1 fully saturated rings. The SMILES string of the molecule is O=C1N(S(=O)(=O)c2ccccc2)c2ccc(Br)cc2C12CCCC2. The number of halogens is 1. The molecule has 0 atom stereocenters. The minimum absolute atomic E-state index is 0.141. The van der Waals surface area contributed by atoms with Gasteiger partial charge in [0.25, 0.3) is 15.9 Å². The van der Waals surface area contributed by atoms with Gasteiger partial charge in [0.1, 0.15) is 0 Å². The average Bonchev–Trinajstić information content (AvgIpc) is 3.15. The molecular weight excluding hydrogens is 390 g/mol. The van der Waals surface area contributed by atoms with E-state index in [1.807, 2.05) is 6.07 Å². The molecule has 2 aliphatic rings. The van der Waals surface area contributed by atoms with Crippen molar-refractivity contribution in [1.29, 1.82) is 0 Å². The van der Waals surface area contributed by atoms with E-state index in [4.69, 9.17) is 0 Å². The number of carbonyl (C=O) groups is 1. The minimum Gasteiger partial charge on any atom is -0.272 e. The van der Waals surface area contributed by atoms with E-state index in [9.17, 15) is 13.2 Å². The van der Waals surface area contributed by atoms with Crippen LogP contribution in [-0.2, 0) is 20.2 Å². The molecule has 1 aliphatic heterocycles. The Kier molecular flexibility index (Phi) is 3.58. The maximum Gasteiger partial charge on any atom is 0.270 e. The van der Waals surface area contributed by atoms with E-state index in [0.717, 1.165) is 27.2 Å². The molecule has 0 radical (unpaired) electrons. The summed E-state index contributed by atoms with van der Waals surface area (Å²) in [6.45, 7) is 0. The molecule has 2 aromatic rings. The Morgan fingerprint density at radius 3 is 2.33 bits per heavy atom. The maximum absolute atomic E-state index is 13.2. The van der Waals surface area contributed by atoms with Gasteiger partial charge in [0.05, 0.1) is 16.0 Å². The molecule has 0 N–H and O–H groups in total. The van der Waals surface area contributed by atoms with Crippen molar-refractivity contribution in [3.05, 3.63) is 58.6 Å². The lowest BCUT2D eigenvalue weighted by atomic mass is 9.80. The number of anilines is 1. The fourth-order valence-electron chi connectivity index (χ4n) is 3.89. The normalized spacial score (nSPS) is 19.0. The van der Waals surface area contributed by atoms with Gasteiger partial charge in [-0.05, 0) is 48.7 Å². The molecule has 124 valence electrons. The molecule has 24 heavy (non-hydrogen) atoms. The first-order valence-corrected chi connectivity index (χ1v) is 10.1. The van der Waals surface area contributed by atoms with Gasteiger partial charge in [-0.2, -0.15) is 0 Å². The number of amides is 1. The number of nitrogens with zero attached hydrogens (tertiary/aromatic N) is 1. The molecule has 0 saturated heterocycles. The summed E-state index contributed by atoms with van der Waals surface area (Å²) in [5, 5.41) is 0. The van der Waals surface area contributed by atoms with Crippen molar-refractivity contribution in [1.82, 2.24) is 0 Å². The Balaban J connectivity index is 1.94. The highest BCUT2D eigenvalue weighted by molar-refractivity contribution is 9.10. The number of fused-ring (bicyclic) bond motifs is 2. The van der Waals surface area contributed by atoms with Crippen LogP contribution in [-0.4, -0.2) is 14.3 Å². The Bertz CT molecular complexity index is 919. The van der Waals surface area contributed by atoms with Gasteiger partial charge in [0.15, 0.2) is 0 Å². The first-order chi connectivity index (χ1) is 11.5. The quantitative estimate of drug-likeness (QED) is 0.758. The van der Waals surface area contributed by atoms with E-state index in [-0.39, 0.29) is 10.8 Å². The molecule has 4 nitrogen and oxygen atoms in total. The summed E-state index contributed by atoms with van der Waals surface area (Å²) in [6.07, 6.45) is 3.29. The highest BCUT2D eigenvalue weighted by Gasteiger charge is 2.55. The zero-order valence-electron chi connectivity index (χ0n) is 12.9. The summed E-state index contributed by atoms with van der Waals surface area (Å²) < 4.78 is 28.1. The van der Waals surface area contributed by atoms with Crippen LogP contribution in [0, 0.1) is 0 Å². The van der Waals surface area contributed by atoms with Gasteiger partial charge in [0, 0.05) is 4.47 Å². The van der Waals surface area contributed by atoms with Crippen molar-refractivity contribution in [2.45, 2.75) is 36.0 Å². The number of sulfonamides is 1. The standard InChI is InChI=1S/C18H16BrNO3S/c19-13-8-9-16-15(12-13)18(10-4-5-11-18)17(21)20(16)24(22,23)14-6-2-1-3-7-14/h1-3,6-9,12H,4-5,10-11H2. The predicted octanol–water partition coefficient (Wildman–Crippen LogP) is 4.00. The van der Waals surface area contributed by atoms with Gasteiger partial charge in [-0.1, -0.05) is 47.0 Å². The molecule has 2 aromatic carbocycles. The molecule has 1 amide bonds. The second kappa shape index (κ2) is 5.43. The number of hydrogen-bond acceptors (Lipinski definition) is 3. The fraction of sp³-hybridized carbons (Fsp3) is 0.278. The third-order valence-electron chi connectivity index (χ3n) is 5.03. The highest BCUT2D eigenvalue weighted by Crippen LogP contribution is 2.53. The largest absolute Gasteiger partial charge is 0.272 e. The zero-order chi connectivity index (χ0) is 16.9. The lowest BCUT2D eigenvalue weighted by molar-refractivity contribution is -0.121. The fourth-order valence-corrected chi connectivity index (χ4v) is 5.77. The third-order valence-corrected chi connectivity index (χ3v) is 7.23. The van der Waals surface area contributed by atoms with Crippen LogP contribution < -0.4 is 4.31 Å². The van der Waals surface area contributed by atoms with Crippen LogP contribution in [0.25, 0.3) is 0 Å². The molecule has 1 spiro atoms. The van der Waals surface area contributed by atoms with Gasteiger partial charge < -0.3 is 0 Å². The Labute approximate surface area is 149 Å². The Morgan fingerprint density at radius 1 is 1.00 bits per heavy atom. The van der Waals surface area contributed by atoms with Crippen molar-refractivity contribution in [3.63, 3.8) is 0 Å². The topological polar surface area (TPSA) is 54.5 Å². The first kappa shape index (κ1) is 15.8. The first-order valence-electron chi connectivity index (χ1n) is 7.92. The van der Waals surface area contributed by atoms with E-state index in [2.05, 4.69) is 15.9 Å². The van der Waals surface area contributed by atoms with Crippen molar-refractivity contribution >= 4 is 37.5 Å². The van der Waals surface area contributed by atoms with Crippen LogP contribution in [0.3, 0.4) is 0 Å². The van der Waals surface area contributed by atoms with Crippen LogP contribution in [0.5, 0.6) is 0 Å². The number of benzene rings is 2. The predicted molar refractivity (Wildman–Crippen MR) is 95.4 cm³/mol. The van der Waals surface area contributed by atoms with Gasteiger partial charge in [0.2, 0.25) is 0 Å². The van der Waals surface area contributed by atoms with E-state index >= 15 is 0 Å². The van der Waals surface area contributed by atoms with Crippen molar-refractivity contribution in [3.8, 4) is 0 Å². The van der Waals surface area contributed by atoms with E-state index < -0.39 is 15.4 Å². The molecule has 1 aliphatic carbocycles. The third kappa shape index (κ3) is 2.09. The van der Waals surface area contributed by atoms with Crippen LogP contribution >= 0.6 is 15.9 Å². The van der Waals surface area contributed by atoms with E-state index in [1.54, 1.807) is 30.3 Å². The zero-order valence-corrected chi connectivity index (χ0v) is 15.3. The molecule has 0 aromatic heterocycles. The Morgan fingerprint density at radius 2 is 1.67 bits per heavy atom. The Hall–Kier alpha value is -1.66. The molecule has 0 bridgehead atoms. The van der Waals surface area contributed by atoms with Gasteiger partial charge in [-0.3, -0.25) is 4.79 Å². The lowest BCUT2D eigenvalue weighted by Crippen LogP contribution is -2.41. The van der Waals surface area contributed by atoms with Crippen molar-refractivity contribution < 1.29 is 13.2 Å².